The number of fused-ring (bicyclic) bond motifs is 1. The lowest BCUT2D eigenvalue weighted by Gasteiger charge is -2.20. The van der Waals surface area contributed by atoms with E-state index in [1.54, 1.807) is 18.5 Å². The number of rotatable bonds is 7. The Morgan fingerprint density at radius 1 is 1.39 bits per heavy atom. The number of ether oxygens (including phenoxy) is 1. The molecular weight excluding hydrogens is 361 g/mol. The van der Waals surface area contributed by atoms with Crippen LogP contribution in [-0.2, 0) is 4.79 Å². The van der Waals surface area contributed by atoms with Gasteiger partial charge >= 0.3 is 0 Å². The van der Waals surface area contributed by atoms with E-state index in [4.69, 9.17) is 4.74 Å². The molecule has 1 aliphatic carbocycles. The number of carbonyl (C=O) groups excluding carboxylic acids is 1. The van der Waals surface area contributed by atoms with Crippen LogP contribution in [0.15, 0.2) is 36.8 Å². The molecule has 1 saturated carbocycles. The predicted molar refractivity (Wildman–Crippen MR) is 102 cm³/mol. The Morgan fingerprint density at radius 3 is 2.93 bits per heavy atom. The Bertz CT molecular complexity index is 864. The lowest BCUT2D eigenvalue weighted by atomic mass is 10.2. The van der Waals surface area contributed by atoms with Crippen molar-refractivity contribution in [2.75, 3.05) is 31.6 Å². The molecule has 2 fully saturated rings. The van der Waals surface area contributed by atoms with Gasteiger partial charge in [-0.2, -0.15) is 9.37 Å². The van der Waals surface area contributed by atoms with Gasteiger partial charge in [-0.15, -0.1) is 0 Å². The maximum atomic E-state index is 13.4. The van der Waals surface area contributed by atoms with Gasteiger partial charge in [0.15, 0.2) is 0 Å². The van der Waals surface area contributed by atoms with Crippen molar-refractivity contribution in [3.8, 4) is 5.88 Å². The van der Waals surface area contributed by atoms with Crippen molar-refractivity contribution in [3.63, 3.8) is 0 Å². The Kier molecular flexibility index (Phi) is 5.18. The van der Waals surface area contributed by atoms with Gasteiger partial charge in [0.1, 0.15) is 0 Å². The summed E-state index contributed by atoms with van der Waals surface area (Å²) in [6.07, 6.45) is 8.81. The number of nitrogens with one attached hydrogen (secondary N) is 1. The van der Waals surface area contributed by atoms with Crippen LogP contribution in [0.2, 0.25) is 0 Å². The van der Waals surface area contributed by atoms with Crippen LogP contribution in [0.5, 0.6) is 5.88 Å². The van der Waals surface area contributed by atoms with Crippen LogP contribution in [0.4, 0.5) is 10.3 Å². The minimum atomic E-state index is -0.554. The monoisotopic (exact) mass is 383 g/mol. The van der Waals surface area contributed by atoms with Crippen LogP contribution in [0.1, 0.15) is 12.0 Å². The average Bonchev–Trinajstić information content (AvgIpc) is 3.16. The lowest BCUT2D eigenvalue weighted by molar-refractivity contribution is -0.116. The van der Waals surface area contributed by atoms with Crippen molar-refractivity contribution >= 4 is 17.9 Å². The van der Waals surface area contributed by atoms with Gasteiger partial charge in [0.2, 0.25) is 17.7 Å². The molecule has 8 heteroatoms. The quantitative estimate of drug-likeness (QED) is 0.736. The molecule has 3 heterocycles. The molecule has 4 rings (SSSR count). The average molecular weight is 383 g/mol. The van der Waals surface area contributed by atoms with E-state index in [0.717, 1.165) is 31.3 Å². The Labute approximate surface area is 162 Å². The molecule has 1 unspecified atom stereocenters. The van der Waals surface area contributed by atoms with Crippen LogP contribution >= 0.6 is 0 Å². The van der Waals surface area contributed by atoms with Gasteiger partial charge in [-0.1, -0.05) is 6.07 Å². The minimum Gasteiger partial charge on any atom is -0.479 e. The van der Waals surface area contributed by atoms with Crippen molar-refractivity contribution < 1.29 is 13.9 Å². The highest BCUT2D eigenvalue weighted by Gasteiger charge is 2.55. The summed E-state index contributed by atoms with van der Waals surface area (Å²) in [6.45, 7) is 2.38. The molecule has 7 nitrogen and oxygen atoms in total. The summed E-state index contributed by atoms with van der Waals surface area (Å²) >= 11 is 0. The summed E-state index contributed by atoms with van der Waals surface area (Å²) in [4.78, 5) is 26.2. The number of hydrogen-bond donors (Lipinski definition) is 1. The van der Waals surface area contributed by atoms with Gasteiger partial charge in [-0.3, -0.25) is 9.78 Å². The van der Waals surface area contributed by atoms with Gasteiger partial charge in [0, 0.05) is 38.1 Å². The molecule has 1 amide bonds. The first-order valence-corrected chi connectivity index (χ1v) is 9.33. The topological polar surface area (TPSA) is 80.2 Å². The predicted octanol–water partition coefficient (Wildman–Crippen LogP) is 1.92. The smallest absolute Gasteiger partial charge is 0.255 e. The van der Waals surface area contributed by atoms with Crippen LogP contribution in [0, 0.1) is 23.6 Å². The van der Waals surface area contributed by atoms with Gasteiger partial charge in [-0.25, -0.2) is 4.98 Å². The molecular formula is C20H22FN5O2. The molecule has 2 aromatic rings. The second kappa shape index (κ2) is 7.92. The van der Waals surface area contributed by atoms with E-state index in [-0.39, 0.29) is 11.8 Å². The fraction of sp³-hybridized carbons (Fsp3) is 0.400. The Morgan fingerprint density at radius 2 is 2.21 bits per heavy atom. The lowest BCUT2D eigenvalue weighted by Crippen LogP contribution is -2.28. The van der Waals surface area contributed by atoms with E-state index < -0.39 is 5.82 Å². The summed E-state index contributed by atoms with van der Waals surface area (Å²) in [5.41, 5.74) is 0.897. The number of halogens is 1. The first-order valence-electron chi connectivity index (χ1n) is 9.33. The highest BCUT2D eigenvalue weighted by Crippen LogP contribution is 2.53. The molecule has 0 spiro atoms. The summed E-state index contributed by atoms with van der Waals surface area (Å²) in [5, 5.41) is 2.94. The number of piperidine rings is 1. The van der Waals surface area contributed by atoms with Crippen molar-refractivity contribution in [2.45, 2.75) is 6.42 Å². The maximum Gasteiger partial charge on any atom is 0.255 e. The van der Waals surface area contributed by atoms with Crippen LogP contribution in [-0.4, -0.2) is 47.6 Å². The van der Waals surface area contributed by atoms with Crippen LogP contribution in [0.25, 0.3) is 6.08 Å². The summed E-state index contributed by atoms with van der Waals surface area (Å²) < 4.78 is 18.4. The third-order valence-corrected chi connectivity index (χ3v) is 5.44. The third kappa shape index (κ3) is 3.95. The summed E-state index contributed by atoms with van der Waals surface area (Å²) in [5.74, 6) is 1.62. The maximum absolute atomic E-state index is 13.4. The van der Waals surface area contributed by atoms with Gasteiger partial charge in [-0.05, 0) is 41.9 Å². The molecule has 1 aliphatic heterocycles. The van der Waals surface area contributed by atoms with Gasteiger partial charge in [0.05, 0.1) is 13.3 Å². The molecule has 0 bridgehead atoms. The van der Waals surface area contributed by atoms with E-state index >= 15 is 0 Å². The molecule has 3 atom stereocenters. The van der Waals surface area contributed by atoms with E-state index in [0.29, 0.717) is 30.2 Å². The zero-order valence-electron chi connectivity index (χ0n) is 15.6. The van der Waals surface area contributed by atoms with E-state index in [2.05, 4.69) is 25.2 Å². The molecule has 2 aromatic heterocycles. The van der Waals surface area contributed by atoms with E-state index in [1.165, 1.54) is 13.2 Å². The largest absolute Gasteiger partial charge is 0.479 e. The molecule has 2 aliphatic rings. The Balaban J connectivity index is 1.20. The highest BCUT2D eigenvalue weighted by atomic mass is 19.1. The van der Waals surface area contributed by atoms with Crippen molar-refractivity contribution in [1.29, 1.82) is 0 Å². The number of methoxy groups -OCH3 is 1. The second-order valence-electron chi connectivity index (χ2n) is 7.12. The number of amides is 1. The van der Waals surface area contributed by atoms with Gasteiger partial charge < -0.3 is 15.0 Å². The first-order chi connectivity index (χ1) is 13.7. The second-order valence-corrected chi connectivity index (χ2v) is 7.12. The molecule has 0 radical (unpaired) electrons. The standard InChI is InChI=1S/C20H22FN5O2/c1-28-19-17(21)10-24-20(25-19)26-11-15-14(16(15)12-26)6-8-23-18(27)5-4-13-3-2-7-22-9-13/h2-5,7,9-10,14-16H,6,8,11-12H2,1H3,(H,23,27)/b5-4+/t14?,15-,16+. The zero-order chi connectivity index (χ0) is 19.5. The number of nitrogens with zero attached hydrogens (tertiary/aromatic N) is 4. The molecule has 146 valence electrons. The number of carbonyl (C=O) groups is 1. The number of hydrogen-bond acceptors (Lipinski definition) is 6. The van der Waals surface area contributed by atoms with E-state index in [1.807, 2.05) is 12.1 Å². The molecule has 1 N–H and O–H groups in total. The van der Waals surface area contributed by atoms with Gasteiger partial charge in [0.25, 0.3) is 5.88 Å². The number of anilines is 1. The number of aromatic nitrogens is 3. The summed E-state index contributed by atoms with van der Waals surface area (Å²) in [7, 11) is 1.40. The minimum absolute atomic E-state index is 0.0239. The van der Waals surface area contributed by atoms with Crippen LogP contribution < -0.4 is 15.0 Å². The van der Waals surface area contributed by atoms with Crippen molar-refractivity contribution in [3.05, 3.63) is 48.2 Å². The fourth-order valence-electron chi connectivity index (χ4n) is 3.95. The van der Waals surface area contributed by atoms with Crippen molar-refractivity contribution in [2.24, 2.45) is 17.8 Å². The Hall–Kier alpha value is -3.03. The van der Waals surface area contributed by atoms with Crippen LogP contribution in [0.3, 0.4) is 0 Å². The number of pyridine rings is 1. The first kappa shape index (κ1) is 18.3. The molecule has 1 saturated heterocycles. The zero-order valence-corrected chi connectivity index (χ0v) is 15.6. The normalized spacial score (nSPS) is 22.9. The van der Waals surface area contributed by atoms with E-state index in [9.17, 15) is 9.18 Å². The summed E-state index contributed by atoms with van der Waals surface area (Å²) in [6, 6.07) is 3.73. The molecule has 28 heavy (non-hydrogen) atoms. The SMILES string of the molecule is COc1nc(N2C[C@@H]3C(CCNC(=O)/C=C/c4cccnc4)[C@@H]3C2)ncc1F. The molecule has 0 aromatic carbocycles. The highest BCUT2D eigenvalue weighted by molar-refractivity contribution is 5.91. The fourth-order valence-corrected chi connectivity index (χ4v) is 3.95. The van der Waals surface area contributed by atoms with Crippen molar-refractivity contribution in [1.82, 2.24) is 20.3 Å². The third-order valence-electron chi connectivity index (χ3n) is 5.44.